The largest absolute Gasteiger partial charge is 0.496 e. The zero-order valence-electron chi connectivity index (χ0n) is 18.3. The van der Waals surface area contributed by atoms with Gasteiger partial charge in [0.2, 0.25) is 0 Å². The van der Waals surface area contributed by atoms with E-state index in [1.165, 1.54) is 6.26 Å². The molecule has 0 aliphatic rings. The molecule has 3 nitrogen and oxygen atoms in total. The van der Waals surface area contributed by atoms with Crippen LogP contribution in [0.15, 0.2) is 91.2 Å². The van der Waals surface area contributed by atoms with Gasteiger partial charge in [-0.05, 0) is 48.0 Å². The monoisotopic (exact) mass is 541 g/mol. The first-order valence-electron chi connectivity index (χ1n) is 10.6. The van der Waals surface area contributed by atoms with Crippen LogP contribution < -0.4 is 4.90 Å². The molecule has 4 aromatic carbocycles. The standard InChI is InChI=1S/C28H19Cl4NO2/c29-25-23(17-34)24(26(30)28(32)27(25)31)18-35-16-15-19-11-13-22(14-12-19)33(20-7-3-1-4-8-20)21-9-5-2-6-10-21/h1-17H,18H2/b16-15-. The topological polar surface area (TPSA) is 29.5 Å². The van der Waals surface area contributed by atoms with Crippen LogP contribution in [0.1, 0.15) is 21.5 Å². The SMILES string of the molecule is O=Cc1c(Cl)c(Cl)c(Cl)c(Cl)c1CO/C=C\c1ccc(N(c2ccccc2)c2ccccc2)cc1. The smallest absolute Gasteiger partial charge is 0.152 e. The van der Waals surface area contributed by atoms with Gasteiger partial charge < -0.3 is 9.64 Å². The summed E-state index contributed by atoms with van der Waals surface area (Å²) in [5.41, 5.74) is 4.62. The molecule has 0 unspecified atom stereocenters. The van der Waals surface area contributed by atoms with Crippen LogP contribution in [0.2, 0.25) is 20.1 Å². The van der Waals surface area contributed by atoms with Crippen molar-refractivity contribution in [3.05, 3.63) is 128 Å². The minimum atomic E-state index is 0.00783. The summed E-state index contributed by atoms with van der Waals surface area (Å²) in [5.74, 6) is 0. The molecule has 0 aliphatic carbocycles. The van der Waals surface area contributed by atoms with Crippen molar-refractivity contribution in [2.45, 2.75) is 6.61 Å². The van der Waals surface area contributed by atoms with E-state index in [2.05, 4.69) is 29.2 Å². The van der Waals surface area contributed by atoms with Crippen molar-refractivity contribution in [3.8, 4) is 0 Å². The Bertz CT molecular complexity index is 1300. The summed E-state index contributed by atoms with van der Waals surface area (Å²) in [6.07, 6.45) is 3.93. The number of nitrogens with zero attached hydrogens (tertiary/aromatic N) is 1. The average molecular weight is 543 g/mol. The van der Waals surface area contributed by atoms with E-state index in [1.54, 1.807) is 0 Å². The predicted molar refractivity (Wildman–Crippen MR) is 147 cm³/mol. The molecule has 176 valence electrons. The van der Waals surface area contributed by atoms with E-state index >= 15 is 0 Å². The number of ether oxygens (including phenoxy) is 1. The maximum Gasteiger partial charge on any atom is 0.152 e. The molecule has 0 N–H and O–H groups in total. The Morgan fingerprint density at radius 1 is 0.657 bits per heavy atom. The molecule has 0 spiro atoms. The normalized spacial score (nSPS) is 11.0. The number of benzene rings is 4. The fourth-order valence-electron chi connectivity index (χ4n) is 3.55. The van der Waals surface area contributed by atoms with Crippen LogP contribution in [0.5, 0.6) is 0 Å². The summed E-state index contributed by atoms with van der Waals surface area (Å²) >= 11 is 24.5. The summed E-state index contributed by atoms with van der Waals surface area (Å²) in [4.78, 5) is 13.7. The fraction of sp³-hybridized carbons (Fsp3) is 0.0357. The van der Waals surface area contributed by atoms with Crippen molar-refractivity contribution in [2.24, 2.45) is 0 Å². The minimum Gasteiger partial charge on any atom is -0.496 e. The Kier molecular flexibility index (Phi) is 8.37. The summed E-state index contributed by atoms with van der Waals surface area (Å²) in [6.45, 7) is 0.00783. The van der Waals surface area contributed by atoms with Crippen LogP contribution in [-0.2, 0) is 11.3 Å². The lowest BCUT2D eigenvalue weighted by Gasteiger charge is -2.25. The summed E-state index contributed by atoms with van der Waals surface area (Å²) in [7, 11) is 0. The Morgan fingerprint density at radius 3 is 1.71 bits per heavy atom. The van der Waals surface area contributed by atoms with Gasteiger partial charge in [0.15, 0.2) is 6.29 Å². The van der Waals surface area contributed by atoms with E-state index in [1.807, 2.05) is 66.7 Å². The summed E-state index contributed by atoms with van der Waals surface area (Å²) in [5, 5.41) is 0.321. The van der Waals surface area contributed by atoms with Gasteiger partial charge in [-0.3, -0.25) is 4.79 Å². The number of para-hydroxylation sites is 2. The van der Waals surface area contributed by atoms with Gasteiger partial charge >= 0.3 is 0 Å². The minimum absolute atomic E-state index is 0.00783. The average Bonchev–Trinajstić information content (AvgIpc) is 2.90. The van der Waals surface area contributed by atoms with Gasteiger partial charge in [0.05, 0.1) is 26.4 Å². The first kappa shape index (κ1) is 25.2. The van der Waals surface area contributed by atoms with E-state index in [0.29, 0.717) is 11.8 Å². The number of rotatable bonds is 8. The molecule has 4 rings (SSSR count). The van der Waals surface area contributed by atoms with Crippen LogP contribution >= 0.6 is 46.4 Å². The van der Waals surface area contributed by atoms with E-state index < -0.39 is 0 Å². The number of anilines is 3. The van der Waals surface area contributed by atoms with E-state index in [0.717, 1.165) is 22.6 Å². The van der Waals surface area contributed by atoms with Gasteiger partial charge in [-0.15, -0.1) is 0 Å². The fourth-order valence-corrected chi connectivity index (χ4v) is 4.56. The Balaban J connectivity index is 1.51. The van der Waals surface area contributed by atoms with E-state index in [9.17, 15) is 4.79 Å². The second-order valence-corrected chi connectivity index (χ2v) is 8.99. The zero-order chi connectivity index (χ0) is 24.8. The molecule has 0 saturated heterocycles. The van der Waals surface area contributed by atoms with Crippen LogP contribution in [0.25, 0.3) is 6.08 Å². The lowest BCUT2D eigenvalue weighted by molar-refractivity contribution is 0.112. The highest BCUT2D eigenvalue weighted by Gasteiger charge is 2.20. The van der Waals surface area contributed by atoms with E-state index in [-0.39, 0.29) is 32.3 Å². The molecule has 0 bridgehead atoms. The van der Waals surface area contributed by atoms with Crippen molar-refractivity contribution in [2.75, 3.05) is 4.90 Å². The van der Waals surface area contributed by atoms with Crippen molar-refractivity contribution in [3.63, 3.8) is 0 Å². The van der Waals surface area contributed by atoms with E-state index in [4.69, 9.17) is 51.1 Å². The molecule has 0 radical (unpaired) electrons. The molecule has 0 aliphatic heterocycles. The van der Waals surface area contributed by atoms with Gasteiger partial charge in [0.1, 0.15) is 6.61 Å². The second kappa shape index (κ2) is 11.7. The highest BCUT2D eigenvalue weighted by atomic mass is 35.5. The van der Waals surface area contributed by atoms with Gasteiger partial charge in [-0.25, -0.2) is 0 Å². The van der Waals surface area contributed by atoms with Gasteiger partial charge in [0, 0.05) is 28.2 Å². The molecule has 0 fully saturated rings. The van der Waals surface area contributed by atoms with Crippen LogP contribution in [0.3, 0.4) is 0 Å². The third kappa shape index (κ3) is 5.66. The highest BCUT2D eigenvalue weighted by Crippen LogP contribution is 2.41. The number of carbonyl (C=O) groups is 1. The zero-order valence-corrected chi connectivity index (χ0v) is 21.3. The maximum atomic E-state index is 11.5. The van der Waals surface area contributed by atoms with Crippen LogP contribution in [0.4, 0.5) is 17.1 Å². The highest BCUT2D eigenvalue weighted by molar-refractivity contribution is 6.52. The predicted octanol–water partition coefficient (Wildman–Crippen LogP) is 9.77. The third-order valence-electron chi connectivity index (χ3n) is 5.29. The van der Waals surface area contributed by atoms with Gasteiger partial charge in [-0.1, -0.05) is 94.9 Å². The van der Waals surface area contributed by atoms with Crippen molar-refractivity contribution < 1.29 is 9.53 Å². The molecule has 7 heteroatoms. The van der Waals surface area contributed by atoms with Crippen LogP contribution in [0, 0.1) is 0 Å². The molecular formula is C28H19Cl4NO2. The number of hydrogen-bond acceptors (Lipinski definition) is 3. The number of hydrogen-bond donors (Lipinski definition) is 0. The second-order valence-electron chi connectivity index (χ2n) is 7.48. The molecule has 0 heterocycles. The molecule has 0 amide bonds. The maximum absolute atomic E-state index is 11.5. The number of halogens is 4. The molecule has 0 saturated carbocycles. The van der Waals surface area contributed by atoms with Crippen molar-refractivity contribution >= 4 is 75.8 Å². The lowest BCUT2D eigenvalue weighted by Crippen LogP contribution is -2.09. The lowest BCUT2D eigenvalue weighted by atomic mass is 10.1. The van der Waals surface area contributed by atoms with Gasteiger partial charge in [-0.2, -0.15) is 0 Å². The summed E-state index contributed by atoms with van der Waals surface area (Å²) in [6, 6.07) is 28.4. The Morgan fingerprint density at radius 2 is 1.17 bits per heavy atom. The molecule has 0 atom stereocenters. The molecule has 0 aromatic heterocycles. The Hall–Kier alpha value is -2.95. The number of carbonyl (C=O) groups excluding carboxylic acids is 1. The first-order valence-corrected chi connectivity index (χ1v) is 12.1. The van der Waals surface area contributed by atoms with Crippen molar-refractivity contribution in [1.29, 1.82) is 0 Å². The Labute approximate surface area is 224 Å². The third-order valence-corrected chi connectivity index (χ3v) is 7.14. The quantitative estimate of drug-likeness (QED) is 0.0959. The van der Waals surface area contributed by atoms with Crippen LogP contribution in [-0.4, -0.2) is 6.29 Å². The molecule has 4 aromatic rings. The first-order chi connectivity index (χ1) is 17.0. The summed E-state index contributed by atoms with van der Waals surface area (Å²) < 4.78 is 5.62. The number of aldehydes is 1. The van der Waals surface area contributed by atoms with Gasteiger partial charge in [0.25, 0.3) is 0 Å². The molecular weight excluding hydrogens is 524 g/mol. The molecule has 35 heavy (non-hydrogen) atoms. The van der Waals surface area contributed by atoms with Crippen molar-refractivity contribution in [1.82, 2.24) is 0 Å².